The van der Waals surface area contributed by atoms with Crippen LogP contribution < -0.4 is 4.72 Å². The molecule has 2 N–H and O–H groups in total. The molecule has 0 saturated carbocycles. The Morgan fingerprint density at radius 2 is 1.34 bits per heavy atom. The van der Waals surface area contributed by atoms with Gasteiger partial charge >= 0.3 is 0 Å². The number of phenols is 1. The third-order valence-electron chi connectivity index (χ3n) is 7.35. The standard InChI is InChI=1S/C32H49NO4S/c1-10-12-14-24(15-13-11-2)31(35)29-19-26(16-23(9)30(29)34)33-38(36,37)32-27(21(5)6)17-25(20(3)4)18-28(32)22(7)8/h16-22,24,33-34H,10-15H2,1-9H3. The average Bonchev–Trinajstić information content (AvgIpc) is 2.84. The number of nitrogens with one attached hydrogen (secondary N) is 1. The van der Waals surface area contributed by atoms with Crippen LogP contribution in [0.1, 0.15) is 144 Å². The first kappa shape index (κ1) is 31.9. The zero-order valence-electron chi connectivity index (χ0n) is 24.9. The van der Waals surface area contributed by atoms with Crippen LogP contribution in [0, 0.1) is 12.8 Å². The summed E-state index contributed by atoms with van der Waals surface area (Å²) in [6.07, 6.45) is 5.39. The number of carbonyl (C=O) groups is 1. The highest BCUT2D eigenvalue weighted by Gasteiger charge is 2.29. The fourth-order valence-corrected chi connectivity index (χ4v) is 6.70. The second kappa shape index (κ2) is 13.6. The van der Waals surface area contributed by atoms with Crippen molar-refractivity contribution in [3.8, 4) is 5.75 Å². The van der Waals surface area contributed by atoms with Crippen molar-refractivity contribution in [2.24, 2.45) is 5.92 Å². The number of carbonyl (C=O) groups excluding carboxylic acids is 1. The molecule has 2 rings (SSSR count). The maximum absolute atomic E-state index is 14.0. The number of unbranched alkanes of at least 4 members (excludes halogenated alkanes) is 2. The largest absolute Gasteiger partial charge is 0.507 e. The minimum atomic E-state index is -3.97. The van der Waals surface area contributed by atoms with E-state index in [9.17, 15) is 18.3 Å². The number of hydrogen-bond acceptors (Lipinski definition) is 4. The van der Waals surface area contributed by atoms with Gasteiger partial charge in [0.2, 0.25) is 0 Å². The first-order valence-electron chi connectivity index (χ1n) is 14.3. The number of ketones is 1. The van der Waals surface area contributed by atoms with E-state index in [2.05, 4.69) is 32.4 Å². The lowest BCUT2D eigenvalue weighted by molar-refractivity contribution is 0.0900. The molecule has 0 aromatic heterocycles. The van der Waals surface area contributed by atoms with Crippen molar-refractivity contribution in [1.29, 1.82) is 0 Å². The number of benzene rings is 2. The Hall–Kier alpha value is -2.34. The first-order chi connectivity index (χ1) is 17.7. The fraction of sp³-hybridized carbons (Fsp3) is 0.594. The second-order valence-corrected chi connectivity index (χ2v) is 13.3. The van der Waals surface area contributed by atoms with E-state index in [1.165, 1.54) is 6.07 Å². The highest BCUT2D eigenvalue weighted by atomic mass is 32.2. The molecule has 0 saturated heterocycles. The molecule has 0 radical (unpaired) electrons. The van der Waals surface area contributed by atoms with Crippen LogP contribution in [-0.2, 0) is 10.0 Å². The van der Waals surface area contributed by atoms with Crippen LogP contribution in [0.15, 0.2) is 29.2 Å². The topological polar surface area (TPSA) is 83.5 Å². The van der Waals surface area contributed by atoms with Crippen molar-refractivity contribution >= 4 is 21.5 Å². The Morgan fingerprint density at radius 1 is 0.842 bits per heavy atom. The van der Waals surface area contributed by atoms with Gasteiger partial charge in [-0.2, -0.15) is 0 Å². The minimum absolute atomic E-state index is 0.00866. The van der Waals surface area contributed by atoms with Gasteiger partial charge in [-0.1, -0.05) is 93.2 Å². The third-order valence-corrected chi connectivity index (χ3v) is 8.86. The normalized spacial score (nSPS) is 12.2. The summed E-state index contributed by atoms with van der Waals surface area (Å²) in [5, 5.41) is 10.8. The molecule has 2 aromatic carbocycles. The van der Waals surface area contributed by atoms with E-state index in [-0.39, 0.29) is 40.8 Å². The molecule has 0 atom stereocenters. The molecule has 0 bridgehead atoms. The van der Waals surface area contributed by atoms with Crippen LogP contribution in [0.3, 0.4) is 0 Å². The lowest BCUT2D eigenvalue weighted by Crippen LogP contribution is -2.20. The summed E-state index contributed by atoms with van der Waals surface area (Å²) in [6, 6.07) is 7.14. The highest BCUT2D eigenvalue weighted by molar-refractivity contribution is 7.92. The highest BCUT2D eigenvalue weighted by Crippen LogP contribution is 2.37. The van der Waals surface area contributed by atoms with Crippen LogP contribution in [-0.4, -0.2) is 19.3 Å². The van der Waals surface area contributed by atoms with Gasteiger partial charge in [0.1, 0.15) is 5.75 Å². The van der Waals surface area contributed by atoms with E-state index >= 15 is 0 Å². The molecule has 6 heteroatoms. The van der Waals surface area contributed by atoms with Gasteiger partial charge in [-0.15, -0.1) is 0 Å². The van der Waals surface area contributed by atoms with Crippen molar-refractivity contribution < 1.29 is 18.3 Å². The lowest BCUT2D eigenvalue weighted by Gasteiger charge is -2.23. The summed E-state index contributed by atoms with van der Waals surface area (Å²) in [6.45, 7) is 18.2. The molecule has 212 valence electrons. The van der Waals surface area contributed by atoms with Gasteiger partial charge in [-0.05, 0) is 71.9 Å². The van der Waals surface area contributed by atoms with Gasteiger partial charge in [0.15, 0.2) is 5.78 Å². The van der Waals surface area contributed by atoms with E-state index in [0.29, 0.717) is 16.1 Å². The summed E-state index contributed by atoms with van der Waals surface area (Å²) in [4.78, 5) is 13.9. The van der Waals surface area contributed by atoms with Crippen LogP contribution in [0.25, 0.3) is 0 Å². The van der Waals surface area contributed by atoms with Gasteiger partial charge in [-0.25, -0.2) is 8.42 Å². The molecule has 0 aliphatic heterocycles. The Morgan fingerprint density at radius 3 is 1.76 bits per heavy atom. The first-order valence-corrected chi connectivity index (χ1v) is 15.8. The maximum atomic E-state index is 14.0. The Balaban J connectivity index is 2.62. The van der Waals surface area contributed by atoms with Crippen LogP contribution in [0.5, 0.6) is 5.75 Å². The monoisotopic (exact) mass is 543 g/mol. The van der Waals surface area contributed by atoms with Gasteiger partial charge in [0, 0.05) is 5.92 Å². The minimum Gasteiger partial charge on any atom is -0.507 e. The number of sulfonamides is 1. The lowest BCUT2D eigenvalue weighted by atomic mass is 9.87. The van der Waals surface area contributed by atoms with Crippen LogP contribution in [0.2, 0.25) is 0 Å². The zero-order chi connectivity index (χ0) is 28.8. The Labute approximate surface area is 231 Å². The summed E-state index contributed by atoms with van der Waals surface area (Å²) in [5.74, 6) is -0.0700. The number of phenolic OH excluding ortho intramolecular Hbond substituents is 1. The molecule has 5 nitrogen and oxygen atoms in total. The third kappa shape index (κ3) is 7.62. The molecule has 38 heavy (non-hydrogen) atoms. The maximum Gasteiger partial charge on any atom is 0.262 e. The summed E-state index contributed by atoms with van der Waals surface area (Å²) in [5.41, 5.74) is 3.67. The van der Waals surface area contributed by atoms with E-state index < -0.39 is 10.0 Å². The van der Waals surface area contributed by atoms with E-state index in [1.54, 1.807) is 13.0 Å². The van der Waals surface area contributed by atoms with Crippen LogP contribution in [0.4, 0.5) is 5.69 Å². The van der Waals surface area contributed by atoms with Gasteiger partial charge < -0.3 is 5.11 Å². The SMILES string of the molecule is CCCCC(CCCC)C(=O)c1cc(NS(=O)(=O)c2c(C(C)C)cc(C(C)C)cc2C(C)C)cc(C)c1O. The average molecular weight is 544 g/mol. The van der Waals surface area contributed by atoms with E-state index in [4.69, 9.17) is 0 Å². The number of aryl methyl sites for hydroxylation is 1. The predicted molar refractivity (Wildman–Crippen MR) is 159 cm³/mol. The van der Waals surface area contributed by atoms with Crippen molar-refractivity contribution in [3.05, 3.63) is 52.1 Å². The van der Waals surface area contributed by atoms with Gasteiger partial charge in [0.25, 0.3) is 10.0 Å². The van der Waals surface area contributed by atoms with E-state index in [1.807, 2.05) is 39.8 Å². The van der Waals surface area contributed by atoms with Gasteiger partial charge in [0.05, 0.1) is 16.1 Å². The summed E-state index contributed by atoms with van der Waals surface area (Å²) in [7, 11) is -3.97. The summed E-state index contributed by atoms with van der Waals surface area (Å²) >= 11 is 0. The second-order valence-electron chi connectivity index (χ2n) is 11.6. The fourth-order valence-electron chi connectivity index (χ4n) is 4.96. The van der Waals surface area contributed by atoms with Crippen molar-refractivity contribution in [2.75, 3.05) is 4.72 Å². The quantitative estimate of drug-likeness (QED) is 0.184. The van der Waals surface area contributed by atoms with E-state index in [0.717, 1.165) is 55.2 Å². The zero-order valence-corrected chi connectivity index (χ0v) is 25.8. The smallest absolute Gasteiger partial charge is 0.262 e. The number of anilines is 1. The molecule has 0 aliphatic carbocycles. The molecule has 0 aliphatic rings. The van der Waals surface area contributed by atoms with Crippen molar-refractivity contribution in [2.45, 2.75) is 123 Å². The summed E-state index contributed by atoms with van der Waals surface area (Å²) < 4.78 is 30.7. The molecule has 0 spiro atoms. The molecule has 0 unspecified atom stereocenters. The molecular formula is C32H49NO4S. The Kier molecular flexibility index (Phi) is 11.4. The van der Waals surface area contributed by atoms with Crippen LogP contribution >= 0.6 is 0 Å². The number of rotatable bonds is 14. The number of aromatic hydroxyl groups is 1. The molecular weight excluding hydrogens is 494 g/mol. The Bertz CT molecular complexity index is 1180. The predicted octanol–water partition coefficient (Wildman–Crippen LogP) is 9.05. The number of hydrogen-bond donors (Lipinski definition) is 2. The molecule has 0 heterocycles. The molecule has 0 fully saturated rings. The van der Waals surface area contributed by atoms with Crippen molar-refractivity contribution in [1.82, 2.24) is 0 Å². The molecule has 2 aromatic rings. The number of Topliss-reactive ketones (excluding diaryl/α,β-unsaturated/α-hetero) is 1. The van der Waals surface area contributed by atoms with Crippen molar-refractivity contribution in [3.63, 3.8) is 0 Å². The molecule has 0 amide bonds. The van der Waals surface area contributed by atoms with Gasteiger partial charge in [-0.3, -0.25) is 9.52 Å².